The van der Waals surface area contributed by atoms with Crippen molar-refractivity contribution in [2.24, 2.45) is 0 Å². The molecule has 0 aliphatic heterocycles. The second-order valence-corrected chi connectivity index (χ2v) is 7.31. The van der Waals surface area contributed by atoms with Gasteiger partial charge in [0.05, 0.1) is 6.10 Å². The van der Waals surface area contributed by atoms with Crippen molar-refractivity contribution >= 4 is 17.7 Å². The Labute approximate surface area is 186 Å². The van der Waals surface area contributed by atoms with E-state index in [1.165, 1.54) is 18.2 Å². The Bertz CT molecular complexity index is 1150. The number of amides is 1. The van der Waals surface area contributed by atoms with E-state index >= 15 is 0 Å². The zero-order valence-corrected chi connectivity index (χ0v) is 17.8. The van der Waals surface area contributed by atoms with Crippen molar-refractivity contribution in [1.82, 2.24) is 0 Å². The molecule has 0 fully saturated rings. The predicted octanol–water partition coefficient (Wildman–Crippen LogP) is 5.74. The number of ether oxygens (including phenoxy) is 2. The first-order valence-corrected chi connectivity index (χ1v) is 10.1. The molecule has 3 rings (SSSR count). The van der Waals surface area contributed by atoms with Gasteiger partial charge in [-0.15, -0.1) is 0 Å². The van der Waals surface area contributed by atoms with Gasteiger partial charge in [-0.3, -0.25) is 4.79 Å². The molecule has 0 aliphatic rings. The van der Waals surface area contributed by atoms with E-state index < -0.39 is 5.91 Å². The number of benzene rings is 3. The Morgan fingerprint density at radius 1 is 1.06 bits per heavy atom. The molecule has 3 aromatic carbocycles. The molecule has 0 aromatic heterocycles. The molecular formula is C26H23FN2O3. The van der Waals surface area contributed by atoms with Gasteiger partial charge in [-0.1, -0.05) is 30.3 Å². The Morgan fingerprint density at radius 2 is 1.81 bits per heavy atom. The molecule has 0 spiro atoms. The second-order valence-electron chi connectivity index (χ2n) is 7.31. The highest BCUT2D eigenvalue weighted by Crippen LogP contribution is 2.20. The van der Waals surface area contributed by atoms with E-state index in [1.54, 1.807) is 60.7 Å². The zero-order chi connectivity index (χ0) is 22.9. The van der Waals surface area contributed by atoms with E-state index in [9.17, 15) is 14.4 Å². The van der Waals surface area contributed by atoms with Crippen molar-refractivity contribution in [3.8, 4) is 17.6 Å². The zero-order valence-electron chi connectivity index (χ0n) is 17.8. The van der Waals surface area contributed by atoms with Crippen LogP contribution in [0, 0.1) is 17.1 Å². The van der Waals surface area contributed by atoms with Crippen LogP contribution in [0.2, 0.25) is 0 Å². The maximum Gasteiger partial charge on any atom is 0.266 e. The number of nitrogens with zero attached hydrogens (tertiary/aromatic N) is 1. The Balaban J connectivity index is 1.64. The summed E-state index contributed by atoms with van der Waals surface area (Å²) in [5.41, 5.74) is 1.90. The molecule has 1 amide bonds. The van der Waals surface area contributed by atoms with Crippen LogP contribution < -0.4 is 14.8 Å². The number of anilines is 1. The highest BCUT2D eigenvalue weighted by molar-refractivity contribution is 6.09. The SMILES string of the molecule is CC(C)Oc1cccc(NC(=O)/C(C#N)=C\c2ccc(OCc3cccc(F)c3)cc2)c1. The summed E-state index contributed by atoms with van der Waals surface area (Å²) in [6.45, 7) is 4.07. The van der Waals surface area contributed by atoms with Crippen LogP contribution in [0.3, 0.4) is 0 Å². The molecule has 1 N–H and O–H groups in total. The molecule has 0 radical (unpaired) electrons. The molecule has 0 saturated carbocycles. The van der Waals surface area contributed by atoms with Gasteiger partial charge < -0.3 is 14.8 Å². The molecule has 0 heterocycles. The lowest BCUT2D eigenvalue weighted by molar-refractivity contribution is -0.112. The van der Waals surface area contributed by atoms with Crippen LogP contribution in [0.1, 0.15) is 25.0 Å². The summed E-state index contributed by atoms with van der Waals surface area (Å²) < 4.78 is 24.5. The van der Waals surface area contributed by atoms with E-state index in [4.69, 9.17) is 9.47 Å². The van der Waals surface area contributed by atoms with E-state index in [0.717, 1.165) is 5.56 Å². The van der Waals surface area contributed by atoms with Gasteiger partial charge >= 0.3 is 0 Å². The highest BCUT2D eigenvalue weighted by atomic mass is 19.1. The van der Waals surface area contributed by atoms with E-state index in [1.807, 2.05) is 19.9 Å². The predicted molar refractivity (Wildman–Crippen MR) is 122 cm³/mol. The number of hydrogen-bond donors (Lipinski definition) is 1. The topological polar surface area (TPSA) is 71.3 Å². The molecule has 0 saturated heterocycles. The van der Waals surface area contributed by atoms with Gasteiger partial charge in [-0.05, 0) is 67.4 Å². The quantitative estimate of drug-likeness (QED) is 0.366. The van der Waals surface area contributed by atoms with Gasteiger partial charge in [-0.25, -0.2) is 4.39 Å². The summed E-state index contributed by atoms with van der Waals surface area (Å²) in [5.74, 6) is 0.402. The van der Waals surface area contributed by atoms with Gasteiger partial charge in [0.2, 0.25) is 0 Å². The minimum Gasteiger partial charge on any atom is -0.491 e. The number of nitriles is 1. The molecule has 0 unspecified atom stereocenters. The van der Waals surface area contributed by atoms with Crippen LogP contribution in [0.4, 0.5) is 10.1 Å². The molecule has 0 atom stereocenters. The van der Waals surface area contributed by atoms with E-state index in [-0.39, 0.29) is 24.1 Å². The second kappa shape index (κ2) is 10.8. The van der Waals surface area contributed by atoms with Crippen molar-refractivity contribution in [2.45, 2.75) is 26.6 Å². The summed E-state index contributed by atoms with van der Waals surface area (Å²) >= 11 is 0. The van der Waals surface area contributed by atoms with Crippen LogP contribution in [0.5, 0.6) is 11.5 Å². The van der Waals surface area contributed by atoms with Gasteiger partial charge in [0.15, 0.2) is 0 Å². The fourth-order valence-electron chi connectivity index (χ4n) is 2.89. The third-order valence-electron chi connectivity index (χ3n) is 4.31. The number of hydrogen-bond acceptors (Lipinski definition) is 4. The third-order valence-corrected chi connectivity index (χ3v) is 4.31. The molecule has 0 bridgehead atoms. The monoisotopic (exact) mass is 430 g/mol. The minimum atomic E-state index is -0.513. The number of halogens is 1. The lowest BCUT2D eigenvalue weighted by atomic mass is 10.1. The Morgan fingerprint density at radius 3 is 2.50 bits per heavy atom. The Kier molecular flexibility index (Phi) is 7.60. The summed E-state index contributed by atoms with van der Waals surface area (Å²) in [7, 11) is 0. The maximum absolute atomic E-state index is 13.2. The van der Waals surface area contributed by atoms with Gasteiger partial charge in [0.1, 0.15) is 35.6 Å². The normalized spacial score (nSPS) is 11.0. The summed E-state index contributed by atoms with van der Waals surface area (Å²) in [6.07, 6.45) is 1.51. The van der Waals surface area contributed by atoms with Gasteiger partial charge in [0, 0.05) is 11.8 Å². The molecule has 32 heavy (non-hydrogen) atoms. The minimum absolute atomic E-state index is 0.0105. The van der Waals surface area contributed by atoms with Crippen LogP contribution in [0.25, 0.3) is 6.08 Å². The number of carbonyl (C=O) groups excluding carboxylic acids is 1. The van der Waals surface area contributed by atoms with Crippen LogP contribution >= 0.6 is 0 Å². The lowest BCUT2D eigenvalue weighted by Crippen LogP contribution is -2.13. The fraction of sp³-hybridized carbons (Fsp3) is 0.154. The van der Waals surface area contributed by atoms with Crippen molar-refractivity contribution in [3.05, 3.63) is 95.3 Å². The first-order valence-electron chi connectivity index (χ1n) is 10.1. The number of nitrogens with one attached hydrogen (secondary N) is 1. The number of carbonyl (C=O) groups is 1. The average molecular weight is 430 g/mol. The van der Waals surface area contributed by atoms with Crippen molar-refractivity contribution in [2.75, 3.05) is 5.32 Å². The smallest absolute Gasteiger partial charge is 0.266 e. The first kappa shape index (κ1) is 22.6. The van der Waals surface area contributed by atoms with Crippen molar-refractivity contribution < 1.29 is 18.7 Å². The molecule has 0 aliphatic carbocycles. The molecule has 162 valence electrons. The number of rotatable bonds is 8. The molecule has 5 nitrogen and oxygen atoms in total. The van der Waals surface area contributed by atoms with E-state index in [2.05, 4.69) is 5.32 Å². The highest BCUT2D eigenvalue weighted by Gasteiger charge is 2.10. The van der Waals surface area contributed by atoms with Gasteiger partial charge in [0.25, 0.3) is 5.91 Å². The third kappa shape index (κ3) is 6.71. The van der Waals surface area contributed by atoms with Crippen LogP contribution in [0.15, 0.2) is 78.4 Å². The molecule has 3 aromatic rings. The largest absolute Gasteiger partial charge is 0.491 e. The summed E-state index contributed by atoms with van der Waals surface area (Å²) in [5, 5.41) is 12.2. The molecular weight excluding hydrogens is 407 g/mol. The Hall–Kier alpha value is -4.11. The average Bonchev–Trinajstić information content (AvgIpc) is 2.76. The fourth-order valence-corrected chi connectivity index (χ4v) is 2.89. The summed E-state index contributed by atoms with van der Waals surface area (Å²) in [6, 6.07) is 22.1. The van der Waals surface area contributed by atoms with Gasteiger partial charge in [-0.2, -0.15) is 5.26 Å². The standard InChI is InChI=1S/C26H23FN2O3/c1-18(2)32-25-8-4-7-23(15-25)29-26(30)21(16-28)13-19-9-11-24(12-10-19)31-17-20-5-3-6-22(27)14-20/h3-15,18H,17H2,1-2H3,(H,29,30)/b21-13-. The van der Waals surface area contributed by atoms with Crippen LogP contribution in [-0.4, -0.2) is 12.0 Å². The maximum atomic E-state index is 13.2. The first-order chi connectivity index (χ1) is 15.4. The van der Waals surface area contributed by atoms with Crippen LogP contribution in [-0.2, 0) is 11.4 Å². The van der Waals surface area contributed by atoms with Crippen molar-refractivity contribution in [3.63, 3.8) is 0 Å². The lowest BCUT2D eigenvalue weighted by Gasteiger charge is -2.11. The summed E-state index contributed by atoms with van der Waals surface area (Å²) in [4.78, 5) is 12.5. The van der Waals surface area contributed by atoms with E-state index in [0.29, 0.717) is 22.7 Å². The van der Waals surface area contributed by atoms with Crippen molar-refractivity contribution in [1.29, 1.82) is 5.26 Å². The molecule has 6 heteroatoms.